The van der Waals surface area contributed by atoms with Crippen molar-refractivity contribution in [2.45, 2.75) is 176 Å². The molecule has 0 spiro atoms. The van der Waals surface area contributed by atoms with Gasteiger partial charge in [0, 0.05) is 75.0 Å². The number of halogens is 4. The second-order valence-electron chi connectivity index (χ2n) is 33.5. The molecule has 12 saturated carbocycles. The molecule has 5 aromatic carbocycles. The monoisotopic (exact) mass is 1470 g/mol. The summed E-state index contributed by atoms with van der Waals surface area (Å²) in [5.41, 5.74) is 8.62. The Hall–Kier alpha value is -6.82. The third kappa shape index (κ3) is 12.3. The first-order valence-electron chi connectivity index (χ1n) is 37.6. The summed E-state index contributed by atoms with van der Waals surface area (Å²) < 4.78 is 100. The number of sulfonamides is 1. The summed E-state index contributed by atoms with van der Waals surface area (Å²) in [5, 5.41) is 38.3. The Bertz CT molecular complexity index is 4760. The fraction of sp³-hybridized carbons (Fsp3) is 0.512. The quantitative estimate of drug-likeness (QED) is 0.0665. The average Bonchev–Trinajstić information content (AvgIpc) is 0.965. The lowest BCUT2D eigenvalue weighted by molar-refractivity contribution is -0.160. The van der Waals surface area contributed by atoms with Crippen molar-refractivity contribution < 1.29 is 50.1 Å². The standard InChI is InChI=1S/C30H34FN3O3S.C23H28FN3O.C22H23FN2O2.C7H7ClO2S/c1-33(38(36,37)17-19-6-3-2-4-7-19)29-21-10-20-11-22(29)15-30(13-20,14-21)27(35)12-25-28-23(8-5-9-24(28)31)26-16-32-18-34(25)26;1-25-22-14-5-13-6-15(22)10-23(8-13,9-14)20(28)7-18-21-16(3-2-4-17(21)24)19-11-26-12-27(18)19;23-16-3-1-2-15-18-10-24-11-25(18)17(20(15)16)6-19(26)22-7-12-4-13(8-22)21(27)14(5-12)9-22;8-11(9,10)6-7-4-2-1-3-5-7/h2-9,16,18,20-22,25,27,29,35H,10-15,17H2,1H3;2-4,11-15,18,20,22,25,28H,5-10H2,1H3;1-3,10-14,17,19,26H,4-9H2;1-5H,6H2. The predicted octanol–water partition coefficient (Wildman–Crippen LogP) is 14.3. The first-order valence-corrected chi connectivity index (χ1v) is 41.7. The van der Waals surface area contributed by atoms with Gasteiger partial charge in [0.25, 0.3) is 0 Å². The predicted molar refractivity (Wildman–Crippen MR) is 391 cm³/mol. The van der Waals surface area contributed by atoms with Crippen LogP contribution in [0.2, 0.25) is 0 Å². The molecular formula is C82H92ClF3N8O8S2. The number of carbonyl (C=O) groups excluding carboxylic acids is 1. The maximum Gasteiger partial charge on any atom is 0.236 e. The highest BCUT2D eigenvalue weighted by Gasteiger charge is 2.62. The van der Waals surface area contributed by atoms with Gasteiger partial charge in [-0.15, -0.1) is 0 Å². The van der Waals surface area contributed by atoms with Crippen LogP contribution >= 0.6 is 10.7 Å². The third-order valence-electron chi connectivity index (χ3n) is 27.7. The molecule has 0 radical (unpaired) electrons. The van der Waals surface area contributed by atoms with E-state index in [1.807, 2.05) is 69.9 Å². The molecule has 3 aromatic heterocycles. The minimum atomic E-state index is -3.46. The van der Waals surface area contributed by atoms with Gasteiger partial charge in [-0.1, -0.05) is 97.1 Å². The number of hydrogen-bond acceptors (Lipinski definition) is 12. The topological polar surface area (TPSA) is 215 Å². The molecule has 16 nitrogen and oxygen atoms in total. The number of Topliss-reactive ketones (excluding diaryl/α,β-unsaturated/α-hetero) is 1. The van der Waals surface area contributed by atoms with Crippen LogP contribution in [0, 0.1) is 87.0 Å². The number of carbonyl (C=O) groups is 1. The summed E-state index contributed by atoms with van der Waals surface area (Å²) in [6, 6.07) is 33.7. The largest absolute Gasteiger partial charge is 0.392 e. The first kappa shape index (κ1) is 70.2. The Morgan fingerprint density at radius 1 is 0.500 bits per heavy atom. The minimum Gasteiger partial charge on any atom is -0.392 e. The number of imidazole rings is 3. The van der Waals surface area contributed by atoms with Crippen molar-refractivity contribution in [3.8, 4) is 33.8 Å². The number of ketones is 1. The molecule has 3 aliphatic heterocycles. The van der Waals surface area contributed by atoms with Gasteiger partial charge < -0.3 is 34.3 Å². The summed E-state index contributed by atoms with van der Waals surface area (Å²) in [6.07, 6.45) is 25.9. The summed E-state index contributed by atoms with van der Waals surface area (Å²) in [7, 11) is 2.02. The molecule has 12 aliphatic carbocycles. The number of aliphatic hydroxyl groups excluding tert-OH is 3. The smallest absolute Gasteiger partial charge is 0.236 e. The molecule has 104 heavy (non-hydrogen) atoms. The van der Waals surface area contributed by atoms with Crippen molar-refractivity contribution in [2.24, 2.45) is 69.5 Å². The molecule has 8 aromatic rings. The van der Waals surface area contributed by atoms with E-state index in [9.17, 15) is 45.7 Å². The molecule has 12 atom stereocenters. The molecule has 12 bridgehead atoms. The molecule has 0 amide bonds. The van der Waals surface area contributed by atoms with Gasteiger partial charge in [-0.05, 0) is 210 Å². The van der Waals surface area contributed by atoms with E-state index in [0.29, 0.717) is 71.4 Å². The number of benzene rings is 5. The minimum absolute atomic E-state index is 0.0113. The van der Waals surface area contributed by atoms with Gasteiger partial charge in [-0.2, -0.15) is 0 Å². The number of aromatic nitrogens is 6. The summed E-state index contributed by atoms with van der Waals surface area (Å²) >= 11 is 0. The van der Waals surface area contributed by atoms with E-state index in [0.717, 1.165) is 134 Å². The second kappa shape index (κ2) is 26.8. The van der Waals surface area contributed by atoms with E-state index in [4.69, 9.17) is 10.7 Å². The van der Waals surface area contributed by atoms with Crippen molar-refractivity contribution in [3.63, 3.8) is 0 Å². The van der Waals surface area contributed by atoms with Gasteiger partial charge in [-0.3, -0.25) is 4.79 Å². The molecule has 12 fully saturated rings. The van der Waals surface area contributed by atoms with E-state index in [2.05, 4.69) is 31.9 Å². The highest BCUT2D eigenvalue weighted by atomic mass is 35.7. The molecule has 23 rings (SSSR count). The summed E-state index contributed by atoms with van der Waals surface area (Å²) in [5.74, 6) is 3.70. The number of rotatable bonds is 16. The maximum atomic E-state index is 15.0. The van der Waals surface area contributed by atoms with Crippen LogP contribution in [0.15, 0.2) is 153 Å². The van der Waals surface area contributed by atoms with Crippen LogP contribution in [0.3, 0.4) is 0 Å². The van der Waals surface area contributed by atoms with Gasteiger partial charge in [0.2, 0.25) is 19.1 Å². The average molecular weight is 1470 g/mol. The molecule has 6 heterocycles. The molecular weight excluding hydrogens is 1380 g/mol. The van der Waals surface area contributed by atoms with Crippen LogP contribution in [-0.4, -0.2) is 115 Å². The Morgan fingerprint density at radius 2 is 0.856 bits per heavy atom. The molecule has 0 saturated heterocycles. The number of fused-ring (bicyclic) bond motifs is 9. The summed E-state index contributed by atoms with van der Waals surface area (Å²) in [6.45, 7) is 0. The highest BCUT2D eigenvalue weighted by molar-refractivity contribution is 8.13. The van der Waals surface area contributed by atoms with Crippen molar-refractivity contribution in [2.75, 3.05) is 14.1 Å². The van der Waals surface area contributed by atoms with Crippen molar-refractivity contribution in [1.29, 1.82) is 0 Å². The lowest BCUT2D eigenvalue weighted by Gasteiger charge is -2.62. The van der Waals surface area contributed by atoms with E-state index >= 15 is 4.39 Å². The zero-order valence-electron chi connectivity index (χ0n) is 58.7. The molecule has 22 heteroatoms. The van der Waals surface area contributed by atoms with Gasteiger partial charge >= 0.3 is 0 Å². The van der Waals surface area contributed by atoms with Crippen LogP contribution in [0.4, 0.5) is 13.2 Å². The lowest BCUT2D eigenvalue weighted by atomic mass is 9.46. The van der Waals surface area contributed by atoms with Crippen molar-refractivity contribution in [3.05, 3.63) is 198 Å². The maximum absolute atomic E-state index is 15.0. The van der Waals surface area contributed by atoms with Crippen LogP contribution in [0.1, 0.15) is 162 Å². The fourth-order valence-corrected chi connectivity index (χ4v) is 26.7. The Morgan fingerprint density at radius 3 is 1.24 bits per heavy atom. The molecule has 15 aliphatic rings. The highest BCUT2D eigenvalue weighted by Crippen LogP contribution is 2.66. The van der Waals surface area contributed by atoms with Gasteiger partial charge in [0.1, 0.15) is 23.2 Å². The van der Waals surface area contributed by atoms with Gasteiger partial charge in [0.15, 0.2) is 0 Å². The van der Waals surface area contributed by atoms with E-state index in [-0.39, 0.29) is 93.0 Å². The SMILES string of the molecule is CN(C1C2CC3CC1CC(C(O)CC1c4c(F)cccc4-c4cncn41)(C3)C2)S(=O)(=O)Cc1ccccc1.CNC1C2CC3CC1CC(C(O)CC1c4c(F)cccc4-c4cncn41)(C3)C2.O=C1C2CC3CC1CC(C(O)CC1c4c(F)cccc4-c4cncn41)(C3)C2.O=S(=O)(Cl)Cc1ccccc1. The van der Waals surface area contributed by atoms with Crippen molar-refractivity contribution >= 4 is 35.5 Å². The van der Waals surface area contributed by atoms with Gasteiger partial charge in [0.05, 0.1) is 103 Å². The number of nitrogens with zero attached hydrogens (tertiary/aromatic N) is 7. The van der Waals surface area contributed by atoms with Crippen LogP contribution in [0.25, 0.3) is 33.8 Å². The Balaban J connectivity index is 0.000000109. The normalized spacial score (nSPS) is 32.8. The number of nitrogens with one attached hydrogen (secondary N) is 1. The number of hydrogen-bond donors (Lipinski definition) is 4. The van der Waals surface area contributed by atoms with Crippen molar-refractivity contribution in [1.82, 2.24) is 38.3 Å². The third-order valence-corrected chi connectivity index (χ3v) is 30.5. The Kier molecular flexibility index (Phi) is 18.1. The van der Waals surface area contributed by atoms with Gasteiger partial charge in [-0.25, -0.2) is 49.3 Å². The van der Waals surface area contributed by atoms with Crippen LogP contribution in [-0.2, 0) is 35.4 Å². The second-order valence-corrected chi connectivity index (χ2v) is 38.3. The zero-order valence-corrected chi connectivity index (χ0v) is 61.1. The summed E-state index contributed by atoms with van der Waals surface area (Å²) in [4.78, 5) is 25.3. The lowest BCUT2D eigenvalue weighted by Crippen LogP contribution is -2.62. The first-order chi connectivity index (χ1) is 50.0. The molecule has 4 N–H and O–H groups in total. The van der Waals surface area contributed by atoms with Crippen LogP contribution < -0.4 is 5.32 Å². The van der Waals surface area contributed by atoms with E-state index in [1.54, 1.807) is 91.3 Å². The van der Waals surface area contributed by atoms with Crippen LogP contribution in [0.5, 0.6) is 0 Å². The fourth-order valence-electron chi connectivity index (χ4n) is 24.2. The van der Waals surface area contributed by atoms with E-state index in [1.165, 1.54) is 25.0 Å². The molecule has 12 unspecified atom stereocenters. The Labute approximate surface area is 611 Å². The number of aliphatic hydroxyl groups is 3. The zero-order chi connectivity index (χ0) is 71.9. The van der Waals surface area contributed by atoms with E-state index < -0.39 is 37.4 Å². The molecule has 548 valence electrons.